The third kappa shape index (κ3) is 2.49. The van der Waals surface area contributed by atoms with Gasteiger partial charge in [-0.25, -0.2) is 4.79 Å². The predicted molar refractivity (Wildman–Crippen MR) is 74.9 cm³/mol. The van der Waals surface area contributed by atoms with Gasteiger partial charge in [-0.1, -0.05) is 30.3 Å². The van der Waals surface area contributed by atoms with Gasteiger partial charge in [0.05, 0.1) is 0 Å². The Balaban J connectivity index is 1.91. The molecule has 0 unspecified atom stereocenters. The molecule has 0 bridgehead atoms. The first-order chi connectivity index (χ1) is 9.72. The standard InChI is InChI=1S/C16H12O4/c17-13-8-12-6-7-16(18)20-14(12)9-15(13)19-10-11-4-2-1-3-5-11/h1-9,17H,10H2. The number of fused-ring (bicyclic) bond motifs is 1. The van der Waals surface area contributed by atoms with Gasteiger partial charge in [0.1, 0.15) is 12.2 Å². The Morgan fingerprint density at radius 1 is 1.05 bits per heavy atom. The zero-order chi connectivity index (χ0) is 13.9. The van der Waals surface area contributed by atoms with Gasteiger partial charge in [0.15, 0.2) is 11.5 Å². The van der Waals surface area contributed by atoms with Crippen molar-refractivity contribution in [2.45, 2.75) is 6.61 Å². The highest BCUT2D eigenvalue weighted by Crippen LogP contribution is 2.31. The minimum Gasteiger partial charge on any atom is -0.504 e. The minimum absolute atomic E-state index is 0.0160. The molecule has 0 atom stereocenters. The number of rotatable bonds is 3. The van der Waals surface area contributed by atoms with Crippen molar-refractivity contribution in [2.24, 2.45) is 0 Å². The van der Waals surface area contributed by atoms with E-state index >= 15 is 0 Å². The summed E-state index contributed by atoms with van der Waals surface area (Å²) in [4.78, 5) is 11.2. The number of aromatic hydroxyl groups is 1. The van der Waals surface area contributed by atoms with Crippen LogP contribution in [0, 0.1) is 0 Å². The molecule has 100 valence electrons. The van der Waals surface area contributed by atoms with Crippen LogP contribution in [0.2, 0.25) is 0 Å². The van der Waals surface area contributed by atoms with Crippen LogP contribution in [0.1, 0.15) is 5.56 Å². The summed E-state index contributed by atoms with van der Waals surface area (Å²) in [7, 11) is 0. The average Bonchev–Trinajstić information content (AvgIpc) is 2.46. The molecule has 1 aromatic heterocycles. The topological polar surface area (TPSA) is 59.7 Å². The van der Waals surface area contributed by atoms with Gasteiger partial charge in [-0.05, 0) is 17.7 Å². The summed E-state index contributed by atoms with van der Waals surface area (Å²) in [5.74, 6) is 0.304. The quantitative estimate of drug-likeness (QED) is 0.741. The van der Waals surface area contributed by atoms with E-state index < -0.39 is 5.63 Å². The predicted octanol–water partition coefficient (Wildman–Crippen LogP) is 3.08. The molecule has 0 amide bonds. The molecule has 1 heterocycles. The second kappa shape index (κ2) is 5.09. The molecule has 0 saturated carbocycles. The molecule has 0 spiro atoms. The monoisotopic (exact) mass is 268 g/mol. The number of hydrogen-bond acceptors (Lipinski definition) is 4. The molecule has 4 heteroatoms. The number of hydrogen-bond donors (Lipinski definition) is 1. The van der Waals surface area contributed by atoms with E-state index in [2.05, 4.69) is 0 Å². The van der Waals surface area contributed by atoms with Crippen LogP contribution in [-0.4, -0.2) is 5.11 Å². The van der Waals surface area contributed by atoms with Gasteiger partial charge < -0.3 is 14.3 Å². The molecule has 0 aliphatic rings. The van der Waals surface area contributed by atoms with Crippen LogP contribution in [0.3, 0.4) is 0 Å². The summed E-state index contributed by atoms with van der Waals surface area (Å²) >= 11 is 0. The Morgan fingerprint density at radius 2 is 1.85 bits per heavy atom. The molecule has 3 rings (SSSR count). The van der Waals surface area contributed by atoms with Gasteiger partial charge in [-0.3, -0.25) is 0 Å². The van der Waals surface area contributed by atoms with Crippen molar-refractivity contribution in [3.63, 3.8) is 0 Å². The lowest BCUT2D eigenvalue weighted by Crippen LogP contribution is -1.97. The molecule has 0 fully saturated rings. The Hall–Kier alpha value is -2.75. The summed E-state index contributed by atoms with van der Waals surface area (Å²) in [6.07, 6.45) is 0. The number of ether oxygens (including phenoxy) is 1. The van der Waals surface area contributed by atoms with Gasteiger partial charge in [0.2, 0.25) is 0 Å². The van der Waals surface area contributed by atoms with Crippen molar-refractivity contribution in [3.8, 4) is 11.5 Å². The maximum Gasteiger partial charge on any atom is 0.336 e. The van der Waals surface area contributed by atoms with Gasteiger partial charge in [0, 0.05) is 17.5 Å². The van der Waals surface area contributed by atoms with Crippen LogP contribution in [0.25, 0.3) is 11.0 Å². The molecule has 0 radical (unpaired) electrons. The van der Waals surface area contributed by atoms with E-state index in [0.717, 1.165) is 5.56 Å². The molecule has 0 aliphatic heterocycles. The van der Waals surface area contributed by atoms with E-state index in [1.54, 1.807) is 6.07 Å². The normalized spacial score (nSPS) is 10.6. The first kappa shape index (κ1) is 12.3. The van der Waals surface area contributed by atoms with Crippen LogP contribution in [-0.2, 0) is 6.61 Å². The Labute approximate surface area is 114 Å². The maximum absolute atomic E-state index is 11.2. The Kier molecular flexibility index (Phi) is 3.13. The number of phenolic OH excluding ortho intramolecular Hbond substituents is 1. The number of phenols is 1. The summed E-state index contributed by atoms with van der Waals surface area (Å²) in [5.41, 5.74) is 0.942. The second-order valence-electron chi connectivity index (χ2n) is 4.39. The van der Waals surface area contributed by atoms with E-state index in [4.69, 9.17) is 9.15 Å². The summed E-state index contributed by atoms with van der Waals surface area (Å²) in [6, 6.07) is 15.6. The van der Waals surface area contributed by atoms with Crippen molar-refractivity contribution in [1.82, 2.24) is 0 Å². The van der Waals surface area contributed by atoms with E-state index in [9.17, 15) is 9.90 Å². The van der Waals surface area contributed by atoms with Crippen LogP contribution in [0.5, 0.6) is 11.5 Å². The summed E-state index contributed by atoms with van der Waals surface area (Å²) in [5, 5.41) is 10.6. The van der Waals surface area contributed by atoms with Crippen LogP contribution >= 0.6 is 0 Å². The fourth-order valence-electron chi connectivity index (χ4n) is 1.94. The molecule has 3 aromatic rings. The third-order valence-corrected chi connectivity index (χ3v) is 2.94. The molecular formula is C16H12O4. The summed E-state index contributed by atoms with van der Waals surface area (Å²) in [6.45, 7) is 0.330. The fraction of sp³-hybridized carbons (Fsp3) is 0.0625. The largest absolute Gasteiger partial charge is 0.504 e. The highest BCUT2D eigenvalue weighted by molar-refractivity contribution is 5.80. The molecular weight excluding hydrogens is 256 g/mol. The molecule has 4 nitrogen and oxygen atoms in total. The van der Waals surface area contributed by atoms with Crippen molar-refractivity contribution in [1.29, 1.82) is 0 Å². The lowest BCUT2D eigenvalue weighted by Gasteiger charge is -2.08. The van der Waals surface area contributed by atoms with E-state index in [1.807, 2.05) is 30.3 Å². The first-order valence-corrected chi connectivity index (χ1v) is 6.16. The second-order valence-corrected chi connectivity index (χ2v) is 4.39. The fourth-order valence-corrected chi connectivity index (χ4v) is 1.94. The minimum atomic E-state index is -0.433. The van der Waals surface area contributed by atoms with Crippen LogP contribution in [0.4, 0.5) is 0 Å². The van der Waals surface area contributed by atoms with Crippen LogP contribution in [0.15, 0.2) is 63.8 Å². The first-order valence-electron chi connectivity index (χ1n) is 6.16. The van der Waals surface area contributed by atoms with E-state index in [1.165, 1.54) is 18.2 Å². The SMILES string of the molecule is O=c1ccc2cc(O)c(OCc3ccccc3)cc2o1. The maximum atomic E-state index is 11.2. The zero-order valence-corrected chi connectivity index (χ0v) is 10.6. The lowest BCUT2D eigenvalue weighted by molar-refractivity contribution is 0.289. The molecule has 20 heavy (non-hydrogen) atoms. The van der Waals surface area contributed by atoms with Gasteiger partial charge in [0.25, 0.3) is 0 Å². The van der Waals surface area contributed by atoms with Gasteiger partial charge >= 0.3 is 5.63 Å². The van der Waals surface area contributed by atoms with Crippen molar-refractivity contribution >= 4 is 11.0 Å². The Morgan fingerprint density at radius 3 is 2.65 bits per heavy atom. The molecule has 0 saturated heterocycles. The van der Waals surface area contributed by atoms with Gasteiger partial charge in [-0.2, -0.15) is 0 Å². The molecule has 1 N–H and O–H groups in total. The van der Waals surface area contributed by atoms with Crippen molar-refractivity contribution < 1.29 is 14.3 Å². The zero-order valence-electron chi connectivity index (χ0n) is 10.6. The highest BCUT2D eigenvalue weighted by atomic mass is 16.5. The van der Waals surface area contributed by atoms with Crippen molar-refractivity contribution in [2.75, 3.05) is 0 Å². The average molecular weight is 268 g/mol. The number of benzene rings is 2. The highest BCUT2D eigenvalue weighted by Gasteiger charge is 2.07. The Bertz CT molecular complexity index is 790. The molecule has 0 aliphatic carbocycles. The van der Waals surface area contributed by atoms with Crippen LogP contribution < -0.4 is 10.4 Å². The lowest BCUT2D eigenvalue weighted by atomic mass is 10.2. The van der Waals surface area contributed by atoms with Crippen molar-refractivity contribution in [3.05, 3.63) is 70.6 Å². The van der Waals surface area contributed by atoms with E-state index in [-0.39, 0.29) is 11.5 Å². The third-order valence-electron chi connectivity index (χ3n) is 2.94. The molecule has 2 aromatic carbocycles. The summed E-state index contributed by atoms with van der Waals surface area (Å²) < 4.78 is 10.6. The smallest absolute Gasteiger partial charge is 0.336 e. The van der Waals surface area contributed by atoms with Gasteiger partial charge in [-0.15, -0.1) is 0 Å². The van der Waals surface area contributed by atoms with E-state index in [0.29, 0.717) is 17.6 Å².